The third kappa shape index (κ3) is 10.0. The van der Waals surface area contributed by atoms with Gasteiger partial charge in [0.1, 0.15) is 11.9 Å². The van der Waals surface area contributed by atoms with Gasteiger partial charge in [-0.05, 0) is 51.9 Å². The molecule has 2 atom stereocenters. The SMILES string of the molecule is CCCCCCCCOc1ccccc1NC(=O)O[C@@H]1CCCC[C@H]1CN(C)C.Cl. The molecule has 1 fully saturated rings. The number of hydrogen-bond acceptors (Lipinski definition) is 4. The molecule has 0 unspecified atom stereocenters. The van der Waals surface area contributed by atoms with Crippen LogP contribution in [0.4, 0.5) is 10.5 Å². The molecule has 1 N–H and O–H groups in total. The third-order valence-electron chi connectivity index (χ3n) is 5.58. The molecule has 2 rings (SSSR count). The van der Waals surface area contributed by atoms with Crippen molar-refractivity contribution in [3.8, 4) is 5.75 Å². The monoisotopic (exact) mass is 440 g/mol. The summed E-state index contributed by atoms with van der Waals surface area (Å²) in [6, 6.07) is 7.61. The minimum Gasteiger partial charge on any atom is -0.491 e. The molecule has 5 nitrogen and oxygen atoms in total. The van der Waals surface area contributed by atoms with Gasteiger partial charge in [0.25, 0.3) is 0 Å². The summed E-state index contributed by atoms with van der Waals surface area (Å²) in [7, 11) is 4.15. The Morgan fingerprint density at radius 1 is 1.07 bits per heavy atom. The molecule has 0 radical (unpaired) electrons. The summed E-state index contributed by atoms with van der Waals surface area (Å²) in [5.41, 5.74) is 0.684. The normalized spacial score (nSPS) is 18.5. The van der Waals surface area contributed by atoms with Gasteiger partial charge in [0.15, 0.2) is 0 Å². The van der Waals surface area contributed by atoms with E-state index in [2.05, 4.69) is 31.2 Å². The van der Waals surface area contributed by atoms with E-state index in [-0.39, 0.29) is 24.6 Å². The van der Waals surface area contributed by atoms with Crippen LogP contribution in [0.2, 0.25) is 0 Å². The molecular weight excluding hydrogens is 400 g/mol. The first kappa shape index (κ1) is 26.6. The number of anilines is 1. The second kappa shape index (κ2) is 15.4. The lowest BCUT2D eigenvalue weighted by molar-refractivity contribution is 0.0357. The van der Waals surface area contributed by atoms with Crippen molar-refractivity contribution in [2.75, 3.05) is 32.6 Å². The highest BCUT2D eigenvalue weighted by Crippen LogP contribution is 2.29. The van der Waals surface area contributed by atoms with Crippen molar-refractivity contribution < 1.29 is 14.3 Å². The standard InChI is InChI=1S/C24H40N2O3.ClH/c1-4-5-6-7-8-13-18-28-23-17-12-10-15-21(23)25-24(27)29-22-16-11-9-14-20(22)19-26(2)3;/h10,12,15,17,20,22H,4-9,11,13-14,16,18-19H2,1-3H3,(H,25,27);1H/t20-,22+;/m0./s1. The van der Waals surface area contributed by atoms with Crippen molar-refractivity contribution in [1.82, 2.24) is 4.90 Å². The van der Waals surface area contributed by atoms with E-state index >= 15 is 0 Å². The molecule has 0 aliphatic heterocycles. The second-order valence-corrected chi connectivity index (χ2v) is 8.49. The fraction of sp³-hybridized carbons (Fsp3) is 0.708. The molecule has 0 spiro atoms. The number of nitrogens with zero attached hydrogens (tertiary/aromatic N) is 1. The fourth-order valence-electron chi connectivity index (χ4n) is 4.04. The molecule has 1 saturated carbocycles. The molecule has 1 aliphatic carbocycles. The molecule has 30 heavy (non-hydrogen) atoms. The number of ether oxygens (including phenoxy) is 2. The van der Waals surface area contributed by atoms with Gasteiger partial charge in [-0.3, -0.25) is 5.32 Å². The number of carbonyl (C=O) groups excluding carboxylic acids is 1. The van der Waals surface area contributed by atoms with Gasteiger partial charge in [-0.25, -0.2) is 4.79 Å². The fourth-order valence-corrected chi connectivity index (χ4v) is 4.04. The van der Waals surface area contributed by atoms with Crippen LogP contribution in [-0.2, 0) is 4.74 Å². The quantitative estimate of drug-likeness (QED) is 0.376. The Hall–Kier alpha value is -1.46. The molecule has 0 aromatic heterocycles. The van der Waals surface area contributed by atoms with Crippen molar-refractivity contribution in [2.24, 2.45) is 5.92 Å². The van der Waals surface area contributed by atoms with Crippen LogP contribution in [0.5, 0.6) is 5.75 Å². The van der Waals surface area contributed by atoms with Crippen molar-refractivity contribution in [3.05, 3.63) is 24.3 Å². The molecule has 0 heterocycles. The van der Waals surface area contributed by atoms with Crippen LogP contribution in [0.15, 0.2) is 24.3 Å². The average molecular weight is 441 g/mol. The smallest absolute Gasteiger partial charge is 0.412 e. The maximum Gasteiger partial charge on any atom is 0.412 e. The Morgan fingerprint density at radius 3 is 2.53 bits per heavy atom. The molecular formula is C24H41ClN2O3. The Labute approximate surface area is 189 Å². The van der Waals surface area contributed by atoms with Crippen LogP contribution < -0.4 is 10.1 Å². The van der Waals surface area contributed by atoms with Crippen molar-refractivity contribution in [3.63, 3.8) is 0 Å². The van der Waals surface area contributed by atoms with E-state index in [0.29, 0.717) is 24.0 Å². The predicted molar refractivity (Wildman–Crippen MR) is 127 cm³/mol. The van der Waals surface area contributed by atoms with Crippen LogP contribution >= 0.6 is 12.4 Å². The number of nitrogens with one attached hydrogen (secondary N) is 1. The summed E-state index contributed by atoms with van der Waals surface area (Å²) >= 11 is 0. The largest absolute Gasteiger partial charge is 0.491 e. The highest BCUT2D eigenvalue weighted by Gasteiger charge is 2.29. The molecule has 1 aromatic rings. The van der Waals surface area contributed by atoms with Gasteiger partial charge in [0, 0.05) is 12.5 Å². The Kier molecular flexibility index (Phi) is 13.6. The van der Waals surface area contributed by atoms with Gasteiger partial charge < -0.3 is 14.4 Å². The summed E-state index contributed by atoms with van der Waals surface area (Å²) in [6.45, 7) is 3.86. The number of hydrogen-bond donors (Lipinski definition) is 1. The van der Waals surface area contributed by atoms with E-state index < -0.39 is 0 Å². The Morgan fingerprint density at radius 2 is 1.77 bits per heavy atom. The lowest BCUT2D eigenvalue weighted by Gasteiger charge is -2.32. The van der Waals surface area contributed by atoms with Crippen LogP contribution in [0.3, 0.4) is 0 Å². The van der Waals surface area contributed by atoms with Gasteiger partial charge in [0.05, 0.1) is 12.3 Å². The van der Waals surface area contributed by atoms with Crippen molar-refractivity contribution >= 4 is 24.2 Å². The van der Waals surface area contributed by atoms with Gasteiger partial charge in [0.2, 0.25) is 0 Å². The Bertz CT molecular complexity index is 598. The molecule has 1 aromatic carbocycles. The predicted octanol–water partition coefficient (Wildman–Crippen LogP) is 6.52. The van der Waals surface area contributed by atoms with E-state index in [1.54, 1.807) is 0 Å². The third-order valence-corrected chi connectivity index (χ3v) is 5.58. The minimum absolute atomic E-state index is 0. The molecule has 6 heteroatoms. The molecule has 0 saturated heterocycles. The number of halogens is 1. The number of amides is 1. The topological polar surface area (TPSA) is 50.8 Å². The van der Waals surface area contributed by atoms with Gasteiger partial charge >= 0.3 is 6.09 Å². The average Bonchev–Trinajstić information content (AvgIpc) is 2.69. The summed E-state index contributed by atoms with van der Waals surface area (Å²) in [4.78, 5) is 14.7. The van der Waals surface area contributed by atoms with E-state index in [0.717, 1.165) is 32.2 Å². The van der Waals surface area contributed by atoms with Gasteiger partial charge in [-0.2, -0.15) is 0 Å². The lowest BCUT2D eigenvalue weighted by Crippen LogP contribution is -2.37. The zero-order valence-electron chi connectivity index (χ0n) is 19.0. The maximum atomic E-state index is 12.5. The van der Waals surface area contributed by atoms with E-state index in [4.69, 9.17) is 9.47 Å². The lowest BCUT2D eigenvalue weighted by atomic mass is 9.86. The number of carbonyl (C=O) groups is 1. The van der Waals surface area contributed by atoms with Crippen LogP contribution in [-0.4, -0.2) is 44.3 Å². The summed E-state index contributed by atoms with van der Waals surface area (Å²) in [5.74, 6) is 1.12. The van der Waals surface area contributed by atoms with E-state index in [9.17, 15) is 4.79 Å². The van der Waals surface area contributed by atoms with Gasteiger partial charge in [-0.1, -0.05) is 57.6 Å². The number of unbranched alkanes of at least 4 members (excludes halogenated alkanes) is 5. The van der Waals surface area contributed by atoms with Crippen LogP contribution in [0.25, 0.3) is 0 Å². The first-order chi connectivity index (χ1) is 14.1. The van der Waals surface area contributed by atoms with E-state index in [1.807, 2.05) is 24.3 Å². The second-order valence-electron chi connectivity index (χ2n) is 8.49. The van der Waals surface area contributed by atoms with Crippen LogP contribution in [0.1, 0.15) is 71.1 Å². The molecule has 172 valence electrons. The van der Waals surface area contributed by atoms with Crippen LogP contribution in [0, 0.1) is 5.92 Å². The maximum absolute atomic E-state index is 12.5. The van der Waals surface area contributed by atoms with Crippen molar-refractivity contribution in [1.29, 1.82) is 0 Å². The summed E-state index contributed by atoms with van der Waals surface area (Å²) in [5, 5.41) is 2.90. The summed E-state index contributed by atoms with van der Waals surface area (Å²) < 4.78 is 11.7. The zero-order chi connectivity index (χ0) is 20.9. The first-order valence-corrected chi connectivity index (χ1v) is 11.4. The number of para-hydroxylation sites is 2. The first-order valence-electron chi connectivity index (χ1n) is 11.4. The van der Waals surface area contributed by atoms with E-state index in [1.165, 1.54) is 38.5 Å². The van der Waals surface area contributed by atoms with Crippen molar-refractivity contribution in [2.45, 2.75) is 77.2 Å². The number of benzene rings is 1. The molecule has 1 aliphatic rings. The molecule has 0 bridgehead atoms. The highest BCUT2D eigenvalue weighted by atomic mass is 35.5. The van der Waals surface area contributed by atoms with Gasteiger partial charge in [-0.15, -0.1) is 12.4 Å². The number of rotatable bonds is 12. The molecule has 1 amide bonds. The Balaban J connectivity index is 0.00000450. The summed E-state index contributed by atoms with van der Waals surface area (Å²) in [6.07, 6.45) is 11.4. The zero-order valence-corrected chi connectivity index (χ0v) is 19.8. The minimum atomic E-state index is -0.378. The highest BCUT2D eigenvalue weighted by molar-refractivity contribution is 5.86.